The number of nitrogens with one attached hydrogen (secondary N) is 2. The van der Waals surface area contributed by atoms with Crippen LogP contribution in [0, 0.1) is 5.92 Å². The smallest absolute Gasteiger partial charge is 0.240 e. The number of benzene rings is 1. The lowest BCUT2D eigenvalue weighted by Crippen LogP contribution is -2.29. The van der Waals surface area contributed by atoms with Gasteiger partial charge < -0.3 is 5.32 Å². The van der Waals surface area contributed by atoms with Crippen molar-refractivity contribution in [3.63, 3.8) is 0 Å². The van der Waals surface area contributed by atoms with E-state index in [2.05, 4.69) is 23.9 Å². The highest BCUT2D eigenvalue weighted by Gasteiger charge is 2.15. The molecule has 0 saturated heterocycles. The Morgan fingerprint density at radius 2 is 1.71 bits per heavy atom. The third kappa shape index (κ3) is 6.16. The van der Waals surface area contributed by atoms with E-state index >= 15 is 0 Å². The minimum absolute atomic E-state index is 0.353. The average molecular weight is 312 g/mol. The van der Waals surface area contributed by atoms with E-state index in [1.54, 1.807) is 12.1 Å². The Kier molecular flexibility index (Phi) is 7.93. The minimum atomic E-state index is -3.38. The number of rotatable bonds is 10. The van der Waals surface area contributed by atoms with Gasteiger partial charge in [-0.3, -0.25) is 0 Å². The monoisotopic (exact) mass is 312 g/mol. The van der Waals surface area contributed by atoms with Gasteiger partial charge in [0.25, 0.3) is 0 Å². The zero-order valence-electron chi connectivity index (χ0n) is 13.4. The fraction of sp³-hybridized carbons (Fsp3) is 0.625. The zero-order chi connectivity index (χ0) is 15.7. The van der Waals surface area contributed by atoms with Crippen molar-refractivity contribution in [2.45, 2.75) is 44.4 Å². The van der Waals surface area contributed by atoms with Crippen LogP contribution in [-0.4, -0.2) is 28.6 Å². The number of sulfonamides is 1. The standard InChI is InChI=1S/C16H28N2O2S/c1-4-14(5-2)13-18-21(19,20)16-10-8-15(9-11-16)7-6-12-17-3/h8-11,14,17-18H,4-7,12-13H2,1-3H3. The first-order valence-electron chi connectivity index (χ1n) is 7.76. The third-order valence-corrected chi connectivity index (χ3v) is 5.28. The van der Waals surface area contributed by atoms with Gasteiger partial charge in [-0.05, 0) is 50.0 Å². The molecule has 0 heterocycles. The van der Waals surface area contributed by atoms with E-state index < -0.39 is 10.0 Å². The topological polar surface area (TPSA) is 58.2 Å². The van der Waals surface area contributed by atoms with Crippen LogP contribution < -0.4 is 10.0 Å². The summed E-state index contributed by atoms with van der Waals surface area (Å²) in [7, 11) is -1.45. The first-order chi connectivity index (χ1) is 10.0. The molecule has 0 bridgehead atoms. The van der Waals surface area contributed by atoms with Crippen molar-refractivity contribution in [1.29, 1.82) is 0 Å². The van der Waals surface area contributed by atoms with Crippen molar-refractivity contribution in [3.05, 3.63) is 29.8 Å². The molecular weight excluding hydrogens is 284 g/mol. The summed E-state index contributed by atoms with van der Waals surface area (Å²) < 4.78 is 27.1. The molecule has 4 nitrogen and oxygen atoms in total. The van der Waals surface area contributed by atoms with Crippen LogP contribution in [0.1, 0.15) is 38.7 Å². The van der Waals surface area contributed by atoms with Crippen molar-refractivity contribution in [3.8, 4) is 0 Å². The highest BCUT2D eigenvalue weighted by Crippen LogP contribution is 2.13. The van der Waals surface area contributed by atoms with Crippen molar-refractivity contribution in [1.82, 2.24) is 10.0 Å². The second kappa shape index (κ2) is 9.18. The van der Waals surface area contributed by atoms with E-state index in [0.717, 1.165) is 32.2 Å². The molecular formula is C16H28N2O2S. The lowest BCUT2D eigenvalue weighted by atomic mass is 10.0. The Morgan fingerprint density at radius 3 is 2.24 bits per heavy atom. The predicted octanol–water partition coefficient (Wildman–Crippen LogP) is 2.55. The van der Waals surface area contributed by atoms with E-state index in [1.807, 2.05) is 19.2 Å². The summed E-state index contributed by atoms with van der Waals surface area (Å²) in [6.07, 6.45) is 3.99. The summed E-state index contributed by atoms with van der Waals surface area (Å²) in [5.41, 5.74) is 1.17. The number of hydrogen-bond acceptors (Lipinski definition) is 3. The second-order valence-electron chi connectivity index (χ2n) is 5.39. The normalized spacial score (nSPS) is 12.0. The summed E-state index contributed by atoms with van der Waals surface area (Å²) in [6.45, 7) is 5.65. The minimum Gasteiger partial charge on any atom is -0.320 e. The Hall–Kier alpha value is -0.910. The molecule has 21 heavy (non-hydrogen) atoms. The van der Waals surface area contributed by atoms with Gasteiger partial charge in [0.2, 0.25) is 10.0 Å². The quantitative estimate of drug-likeness (QED) is 0.653. The molecule has 0 unspecified atom stereocenters. The Bertz CT molecular complexity index is 494. The van der Waals surface area contributed by atoms with Crippen LogP contribution in [0.2, 0.25) is 0 Å². The van der Waals surface area contributed by atoms with Crippen molar-refractivity contribution < 1.29 is 8.42 Å². The lowest BCUT2D eigenvalue weighted by molar-refractivity contribution is 0.479. The van der Waals surface area contributed by atoms with Gasteiger partial charge in [-0.1, -0.05) is 38.8 Å². The van der Waals surface area contributed by atoms with Crippen LogP contribution in [0.5, 0.6) is 0 Å². The molecule has 1 aromatic rings. The van der Waals surface area contributed by atoms with Gasteiger partial charge in [-0.15, -0.1) is 0 Å². The molecule has 0 amide bonds. The molecule has 0 aliphatic carbocycles. The summed E-state index contributed by atoms with van der Waals surface area (Å²) >= 11 is 0. The molecule has 1 aromatic carbocycles. The maximum absolute atomic E-state index is 12.2. The van der Waals surface area contributed by atoms with Gasteiger partial charge in [0, 0.05) is 6.54 Å². The van der Waals surface area contributed by atoms with Gasteiger partial charge in [0.1, 0.15) is 0 Å². The van der Waals surface area contributed by atoms with Crippen LogP contribution in [0.25, 0.3) is 0 Å². The van der Waals surface area contributed by atoms with Crippen LogP contribution >= 0.6 is 0 Å². The summed E-state index contributed by atoms with van der Waals surface area (Å²) in [5.74, 6) is 0.403. The molecule has 0 spiro atoms. The largest absolute Gasteiger partial charge is 0.320 e. The van der Waals surface area contributed by atoms with Crippen molar-refractivity contribution in [2.75, 3.05) is 20.1 Å². The summed E-state index contributed by atoms with van der Waals surface area (Å²) in [6, 6.07) is 7.20. The predicted molar refractivity (Wildman–Crippen MR) is 88.0 cm³/mol. The molecule has 0 atom stereocenters. The van der Waals surface area contributed by atoms with Crippen molar-refractivity contribution in [2.24, 2.45) is 5.92 Å². The molecule has 0 fully saturated rings. The molecule has 0 aliphatic heterocycles. The molecule has 0 saturated carbocycles. The molecule has 120 valence electrons. The first kappa shape index (κ1) is 18.1. The van der Waals surface area contributed by atoms with Crippen LogP contribution in [0.4, 0.5) is 0 Å². The molecule has 2 N–H and O–H groups in total. The Morgan fingerprint density at radius 1 is 1.10 bits per heavy atom. The van der Waals surface area contributed by atoms with E-state index in [-0.39, 0.29) is 0 Å². The zero-order valence-corrected chi connectivity index (χ0v) is 14.2. The van der Waals surface area contributed by atoms with Gasteiger partial charge in [0.05, 0.1) is 4.90 Å². The number of aryl methyl sites for hydroxylation is 1. The van der Waals surface area contributed by atoms with Gasteiger partial charge in [-0.25, -0.2) is 13.1 Å². The van der Waals surface area contributed by atoms with Crippen LogP contribution in [-0.2, 0) is 16.4 Å². The second-order valence-corrected chi connectivity index (χ2v) is 7.15. The van der Waals surface area contributed by atoms with Gasteiger partial charge in [-0.2, -0.15) is 0 Å². The summed E-state index contributed by atoms with van der Waals surface area (Å²) in [5, 5.41) is 3.11. The fourth-order valence-electron chi connectivity index (χ4n) is 2.19. The maximum Gasteiger partial charge on any atom is 0.240 e. The van der Waals surface area contributed by atoms with E-state index in [0.29, 0.717) is 17.4 Å². The highest BCUT2D eigenvalue weighted by atomic mass is 32.2. The lowest BCUT2D eigenvalue weighted by Gasteiger charge is -2.13. The molecule has 0 aromatic heterocycles. The van der Waals surface area contributed by atoms with Crippen LogP contribution in [0.15, 0.2) is 29.2 Å². The Labute approximate surface area is 129 Å². The van der Waals surface area contributed by atoms with Crippen LogP contribution in [0.3, 0.4) is 0 Å². The highest BCUT2D eigenvalue weighted by molar-refractivity contribution is 7.89. The fourth-order valence-corrected chi connectivity index (χ4v) is 3.31. The first-order valence-corrected chi connectivity index (χ1v) is 9.25. The average Bonchev–Trinajstić information content (AvgIpc) is 2.49. The molecule has 0 aliphatic rings. The van der Waals surface area contributed by atoms with Gasteiger partial charge in [0.15, 0.2) is 0 Å². The number of hydrogen-bond donors (Lipinski definition) is 2. The van der Waals surface area contributed by atoms with Gasteiger partial charge >= 0.3 is 0 Å². The molecule has 1 rings (SSSR count). The SMILES string of the molecule is CCC(CC)CNS(=O)(=O)c1ccc(CCCNC)cc1. The van der Waals surface area contributed by atoms with E-state index in [9.17, 15) is 8.42 Å². The Balaban J connectivity index is 2.62. The summed E-state index contributed by atoms with van der Waals surface area (Å²) in [4.78, 5) is 0.353. The maximum atomic E-state index is 12.2. The molecule has 0 radical (unpaired) electrons. The van der Waals surface area contributed by atoms with Crippen molar-refractivity contribution >= 4 is 10.0 Å². The van der Waals surface area contributed by atoms with E-state index in [1.165, 1.54) is 5.56 Å². The third-order valence-electron chi connectivity index (χ3n) is 3.84. The van der Waals surface area contributed by atoms with E-state index in [4.69, 9.17) is 0 Å². The molecule has 5 heteroatoms.